The maximum atomic E-state index is 6.10. The molecule has 1 aromatic carbocycles. The van der Waals surface area contributed by atoms with E-state index in [4.69, 9.17) is 11.6 Å². The molecule has 1 nitrogen and oxygen atoms in total. The lowest BCUT2D eigenvalue weighted by Crippen LogP contribution is -2.22. The summed E-state index contributed by atoms with van der Waals surface area (Å²) in [7, 11) is 0. The molecule has 1 aromatic rings. The molecule has 2 rings (SSSR count). The Kier molecular flexibility index (Phi) is 5.34. The third-order valence-corrected chi connectivity index (χ3v) is 3.97. The van der Waals surface area contributed by atoms with Crippen molar-refractivity contribution in [2.75, 3.05) is 13.1 Å². The Morgan fingerprint density at radius 3 is 2.71 bits per heavy atom. The fourth-order valence-corrected chi connectivity index (χ4v) is 2.95. The molecule has 0 aromatic heterocycles. The molecule has 0 saturated heterocycles. The average Bonchev–Trinajstić information content (AvgIpc) is 2.76. The molecule has 1 aliphatic carbocycles. The minimum absolute atomic E-state index is 0.436. The van der Waals surface area contributed by atoms with Crippen LogP contribution in [0.5, 0.6) is 0 Å². The fraction of sp³-hybridized carbons (Fsp3) is 0.600. The van der Waals surface area contributed by atoms with Crippen LogP contribution in [0.25, 0.3) is 0 Å². The number of hydrogen-bond acceptors (Lipinski definition) is 1. The van der Waals surface area contributed by atoms with Gasteiger partial charge in [-0.3, -0.25) is 0 Å². The summed E-state index contributed by atoms with van der Waals surface area (Å²) in [6, 6.07) is 10.7. The number of aryl methyl sites for hydroxylation is 1. The van der Waals surface area contributed by atoms with Crippen LogP contribution < -0.4 is 5.32 Å². The summed E-state index contributed by atoms with van der Waals surface area (Å²) in [5, 5.41) is 4.00. The van der Waals surface area contributed by atoms with E-state index in [0.717, 1.165) is 19.0 Å². The van der Waals surface area contributed by atoms with E-state index in [1.54, 1.807) is 0 Å². The maximum Gasteiger partial charge on any atom is 0.0339 e. The van der Waals surface area contributed by atoms with Gasteiger partial charge in [-0.25, -0.2) is 0 Å². The number of benzene rings is 1. The molecule has 94 valence electrons. The highest BCUT2D eigenvalue weighted by Crippen LogP contribution is 2.28. The van der Waals surface area contributed by atoms with Gasteiger partial charge >= 0.3 is 0 Å². The zero-order chi connectivity index (χ0) is 11.9. The highest BCUT2D eigenvalue weighted by Gasteiger charge is 2.21. The molecule has 0 aliphatic heterocycles. The third kappa shape index (κ3) is 4.69. The molecule has 2 heteroatoms. The van der Waals surface area contributed by atoms with E-state index in [-0.39, 0.29) is 0 Å². The quantitative estimate of drug-likeness (QED) is 0.602. The van der Waals surface area contributed by atoms with Crippen molar-refractivity contribution >= 4 is 11.6 Å². The summed E-state index contributed by atoms with van der Waals surface area (Å²) in [5.74, 6) is 0.814. The van der Waals surface area contributed by atoms with Gasteiger partial charge in [-0.1, -0.05) is 30.3 Å². The molecule has 1 N–H and O–H groups in total. The maximum absolute atomic E-state index is 6.10. The lowest BCUT2D eigenvalue weighted by atomic mass is 10.1. The smallest absolute Gasteiger partial charge is 0.0339 e. The van der Waals surface area contributed by atoms with Crippen molar-refractivity contribution in [1.29, 1.82) is 0 Å². The topological polar surface area (TPSA) is 12.0 Å². The van der Waals surface area contributed by atoms with Gasteiger partial charge < -0.3 is 5.32 Å². The van der Waals surface area contributed by atoms with E-state index < -0.39 is 0 Å². The van der Waals surface area contributed by atoms with E-state index in [0.29, 0.717) is 5.38 Å². The Morgan fingerprint density at radius 1 is 1.18 bits per heavy atom. The van der Waals surface area contributed by atoms with E-state index in [1.165, 1.54) is 37.7 Å². The predicted octanol–water partition coefficient (Wildman–Crippen LogP) is 3.62. The summed E-state index contributed by atoms with van der Waals surface area (Å²) in [6.07, 6.45) is 6.11. The standard InChI is InChI=1S/C15H22ClN/c16-15-9-8-14(11-15)12-17-10-4-7-13-5-2-1-3-6-13/h1-3,5-6,14-15,17H,4,7-12H2. The third-order valence-electron chi connectivity index (χ3n) is 3.57. The average molecular weight is 252 g/mol. The Morgan fingerprint density at radius 2 is 2.00 bits per heavy atom. The molecule has 1 aliphatic rings. The number of nitrogens with one attached hydrogen (secondary N) is 1. The van der Waals surface area contributed by atoms with Crippen molar-refractivity contribution in [2.24, 2.45) is 5.92 Å². The first-order valence-corrected chi connectivity index (χ1v) is 7.17. The second kappa shape index (κ2) is 7.03. The van der Waals surface area contributed by atoms with Crippen LogP contribution in [0.1, 0.15) is 31.2 Å². The van der Waals surface area contributed by atoms with Gasteiger partial charge in [-0.05, 0) is 56.7 Å². The Balaban J connectivity index is 1.52. The van der Waals surface area contributed by atoms with Crippen LogP contribution in [0.4, 0.5) is 0 Å². The monoisotopic (exact) mass is 251 g/mol. The van der Waals surface area contributed by atoms with Crippen molar-refractivity contribution in [3.05, 3.63) is 35.9 Å². The summed E-state index contributed by atoms with van der Waals surface area (Å²) >= 11 is 6.10. The molecular formula is C15H22ClN. The molecule has 0 bridgehead atoms. The van der Waals surface area contributed by atoms with Crippen LogP contribution in [0.3, 0.4) is 0 Å². The van der Waals surface area contributed by atoms with Crippen molar-refractivity contribution < 1.29 is 0 Å². The van der Waals surface area contributed by atoms with Crippen molar-refractivity contribution in [1.82, 2.24) is 5.32 Å². The molecule has 1 fully saturated rings. The number of halogens is 1. The molecule has 1 saturated carbocycles. The molecular weight excluding hydrogens is 230 g/mol. The Hall–Kier alpha value is -0.530. The van der Waals surface area contributed by atoms with Gasteiger partial charge in [0.25, 0.3) is 0 Å². The molecule has 17 heavy (non-hydrogen) atoms. The summed E-state index contributed by atoms with van der Waals surface area (Å²) in [5.41, 5.74) is 1.44. The highest BCUT2D eigenvalue weighted by atomic mass is 35.5. The first-order valence-electron chi connectivity index (χ1n) is 6.73. The van der Waals surface area contributed by atoms with Crippen LogP contribution in [0.2, 0.25) is 0 Å². The highest BCUT2D eigenvalue weighted by molar-refractivity contribution is 6.20. The van der Waals surface area contributed by atoms with Gasteiger partial charge in [0.2, 0.25) is 0 Å². The van der Waals surface area contributed by atoms with Crippen molar-refractivity contribution in [2.45, 2.75) is 37.5 Å². The van der Waals surface area contributed by atoms with Gasteiger partial charge in [-0.2, -0.15) is 0 Å². The Labute approximate surface area is 110 Å². The zero-order valence-corrected chi connectivity index (χ0v) is 11.1. The summed E-state index contributed by atoms with van der Waals surface area (Å²) in [6.45, 7) is 2.27. The molecule has 2 atom stereocenters. The van der Waals surface area contributed by atoms with Crippen LogP contribution in [0.15, 0.2) is 30.3 Å². The summed E-state index contributed by atoms with van der Waals surface area (Å²) in [4.78, 5) is 0. The van der Waals surface area contributed by atoms with E-state index in [9.17, 15) is 0 Å². The van der Waals surface area contributed by atoms with Crippen LogP contribution in [-0.2, 0) is 6.42 Å². The minimum Gasteiger partial charge on any atom is -0.316 e. The molecule has 0 spiro atoms. The first kappa shape index (κ1) is 12.9. The van der Waals surface area contributed by atoms with E-state index >= 15 is 0 Å². The molecule has 2 unspecified atom stereocenters. The number of alkyl halides is 1. The number of rotatable bonds is 6. The first-order chi connectivity index (χ1) is 8.34. The fourth-order valence-electron chi connectivity index (χ4n) is 2.57. The van der Waals surface area contributed by atoms with Crippen molar-refractivity contribution in [3.8, 4) is 0 Å². The van der Waals surface area contributed by atoms with E-state index in [1.807, 2.05) is 0 Å². The minimum atomic E-state index is 0.436. The molecule has 0 heterocycles. The van der Waals surface area contributed by atoms with Gasteiger partial charge in [0.1, 0.15) is 0 Å². The van der Waals surface area contributed by atoms with Gasteiger partial charge in [0.05, 0.1) is 0 Å². The Bertz CT molecular complexity index is 312. The normalized spacial score (nSPS) is 24.1. The zero-order valence-electron chi connectivity index (χ0n) is 10.4. The lowest BCUT2D eigenvalue weighted by Gasteiger charge is -2.10. The van der Waals surface area contributed by atoms with Gasteiger partial charge in [-0.15, -0.1) is 11.6 Å². The predicted molar refractivity (Wildman–Crippen MR) is 74.6 cm³/mol. The second-order valence-electron chi connectivity index (χ2n) is 5.07. The number of hydrogen-bond donors (Lipinski definition) is 1. The summed E-state index contributed by atoms with van der Waals surface area (Å²) < 4.78 is 0. The van der Waals surface area contributed by atoms with Crippen LogP contribution in [-0.4, -0.2) is 18.5 Å². The van der Waals surface area contributed by atoms with E-state index in [2.05, 4.69) is 35.6 Å². The molecule has 0 amide bonds. The van der Waals surface area contributed by atoms with Crippen molar-refractivity contribution in [3.63, 3.8) is 0 Å². The molecule has 0 radical (unpaired) electrons. The van der Waals surface area contributed by atoms with Gasteiger partial charge in [0.15, 0.2) is 0 Å². The second-order valence-corrected chi connectivity index (χ2v) is 5.69. The SMILES string of the molecule is ClC1CCC(CNCCCc2ccccc2)C1. The van der Waals surface area contributed by atoms with Crippen LogP contribution >= 0.6 is 11.6 Å². The van der Waals surface area contributed by atoms with Crippen LogP contribution in [0, 0.1) is 5.92 Å². The largest absolute Gasteiger partial charge is 0.316 e. The van der Waals surface area contributed by atoms with Gasteiger partial charge in [0, 0.05) is 5.38 Å². The lowest BCUT2D eigenvalue weighted by molar-refractivity contribution is 0.486.